The summed E-state index contributed by atoms with van der Waals surface area (Å²) in [7, 11) is 0. The number of carbonyl (C=O) groups excluding carboxylic acids is 1. The summed E-state index contributed by atoms with van der Waals surface area (Å²) in [5.41, 5.74) is 2.36. The van der Waals surface area contributed by atoms with Crippen molar-refractivity contribution >= 4 is 16.7 Å². The summed E-state index contributed by atoms with van der Waals surface area (Å²) in [5, 5.41) is 2.43. The second-order valence-electron chi connectivity index (χ2n) is 6.68. The molecule has 0 saturated carbocycles. The quantitative estimate of drug-likeness (QED) is 0.705. The van der Waals surface area contributed by atoms with E-state index in [-0.39, 0.29) is 24.3 Å². The van der Waals surface area contributed by atoms with E-state index >= 15 is 0 Å². The number of fused-ring (bicyclic) bond motifs is 1. The summed E-state index contributed by atoms with van der Waals surface area (Å²) in [6.45, 7) is 2.41. The Kier molecular flexibility index (Phi) is 5.89. The van der Waals surface area contributed by atoms with Crippen LogP contribution in [0.4, 0.5) is 13.2 Å². The fraction of sp³-hybridized carbons (Fsp3) is 0.450. The molecule has 1 N–H and O–H groups in total. The van der Waals surface area contributed by atoms with Crippen LogP contribution in [0.5, 0.6) is 5.75 Å². The van der Waals surface area contributed by atoms with Gasteiger partial charge in [0.15, 0.2) is 6.04 Å². The highest BCUT2D eigenvalue weighted by molar-refractivity contribution is 5.90. The lowest BCUT2D eigenvalue weighted by atomic mass is 9.99. The molecule has 1 unspecified atom stereocenters. The molecule has 1 atom stereocenters. The monoisotopic (exact) mass is 380 g/mol. The van der Waals surface area contributed by atoms with Crippen LogP contribution in [0, 0.1) is 0 Å². The highest BCUT2D eigenvalue weighted by atomic mass is 19.4. The Bertz CT molecular complexity index is 807. The zero-order valence-electron chi connectivity index (χ0n) is 15.2. The zero-order valence-corrected chi connectivity index (χ0v) is 15.2. The molecule has 3 rings (SSSR count). The summed E-state index contributed by atoms with van der Waals surface area (Å²) in [4.78, 5) is 11.5. The van der Waals surface area contributed by atoms with Crippen LogP contribution in [-0.4, -0.2) is 30.2 Å². The maximum absolute atomic E-state index is 14.0. The molecule has 0 aromatic heterocycles. The van der Waals surface area contributed by atoms with E-state index in [0.29, 0.717) is 12.0 Å². The molecule has 1 heterocycles. The number of ether oxygens (including phenoxy) is 1. The zero-order chi connectivity index (χ0) is 19.4. The fourth-order valence-corrected chi connectivity index (χ4v) is 3.37. The van der Waals surface area contributed by atoms with Gasteiger partial charge in [0, 0.05) is 23.9 Å². The Morgan fingerprint density at radius 2 is 1.96 bits per heavy atom. The molecule has 1 fully saturated rings. The summed E-state index contributed by atoms with van der Waals surface area (Å²) in [5.74, 6) is -0.164. The summed E-state index contributed by atoms with van der Waals surface area (Å²) >= 11 is 0. The molecule has 0 aliphatic carbocycles. The molecule has 1 aliphatic heterocycles. The topological polar surface area (TPSA) is 41.6 Å². The molecule has 4 nitrogen and oxygen atoms in total. The van der Waals surface area contributed by atoms with Gasteiger partial charge in [-0.1, -0.05) is 56.2 Å². The molecule has 146 valence electrons. The largest absolute Gasteiger partial charge is 0.493 e. The average Bonchev–Trinajstić information content (AvgIpc) is 3.04. The first-order valence-electron chi connectivity index (χ1n) is 9.19. The van der Waals surface area contributed by atoms with Crippen LogP contribution in [-0.2, 0) is 4.79 Å². The Hall–Kier alpha value is -2.28. The Morgan fingerprint density at radius 3 is 2.63 bits per heavy atom. The van der Waals surface area contributed by atoms with Crippen LogP contribution in [0.15, 0.2) is 36.4 Å². The van der Waals surface area contributed by atoms with Crippen LogP contribution < -0.4 is 10.2 Å². The number of amides is 1. The van der Waals surface area contributed by atoms with Gasteiger partial charge in [0.25, 0.3) is 0 Å². The second-order valence-corrected chi connectivity index (χ2v) is 6.68. The summed E-state index contributed by atoms with van der Waals surface area (Å²) < 4.78 is 47.8. The number of unbranched alkanes of at least 4 members (excludes halogenated alkanes) is 2. The first-order valence-corrected chi connectivity index (χ1v) is 9.19. The molecule has 2 aromatic rings. The first kappa shape index (κ1) is 19.5. The first-order chi connectivity index (χ1) is 12.9. The van der Waals surface area contributed by atoms with Crippen molar-refractivity contribution in [2.45, 2.75) is 44.8 Å². The van der Waals surface area contributed by atoms with E-state index in [4.69, 9.17) is 4.74 Å². The van der Waals surface area contributed by atoms with Crippen LogP contribution in [0.1, 0.15) is 44.2 Å². The molecular formula is C20H23F3N2O2. The number of benzene rings is 2. The molecule has 0 bridgehead atoms. The molecule has 0 radical (unpaired) electrons. The third-order valence-electron chi connectivity index (χ3n) is 4.67. The molecule has 1 aliphatic rings. The predicted molar refractivity (Wildman–Crippen MR) is 97.2 cm³/mol. The van der Waals surface area contributed by atoms with Crippen molar-refractivity contribution in [1.29, 1.82) is 0 Å². The molecule has 1 saturated heterocycles. The maximum atomic E-state index is 14.0. The summed E-state index contributed by atoms with van der Waals surface area (Å²) in [6, 6.07) is 8.41. The van der Waals surface area contributed by atoms with Crippen LogP contribution in [0.3, 0.4) is 0 Å². The highest BCUT2D eigenvalue weighted by Crippen LogP contribution is 2.44. The van der Waals surface area contributed by atoms with E-state index in [1.807, 2.05) is 12.1 Å². The van der Waals surface area contributed by atoms with Crippen molar-refractivity contribution in [3.63, 3.8) is 0 Å². The van der Waals surface area contributed by atoms with Gasteiger partial charge in [0.2, 0.25) is 5.91 Å². The number of alkyl halides is 3. The van der Waals surface area contributed by atoms with Crippen molar-refractivity contribution in [3.05, 3.63) is 42.0 Å². The highest BCUT2D eigenvalue weighted by Gasteiger charge is 2.48. The number of rotatable bonds is 7. The minimum Gasteiger partial charge on any atom is -0.493 e. The number of hydrogen-bond acceptors (Lipinski definition) is 3. The van der Waals surface area contributed by atoms with Gasteiger partial charge in [-0.15, -0.1) is 0 Å². The lowest BCUT2D eigenvalue weighted by molar-refractivity contribution is -0.191. The maximum Gasteiger partial charge on any atom is 0.410 e. The van der Waals surface area contributed by atoms with E-state index in [2.05, 4.69) is 12.3 Å². The number of hydrazine groups is 1. The number of nitrogens with one attached hydrogen (secondary N) is 1. The van der Waals surface area contributed by atoms with Crippen molar-refractivity contribution in [1.82, 2.24) is 10.4 Å². The summed E-state index contributed by atoms with van der Waals surface area (Å²) in [6.07, 6.45) is -1.79. The van der Waals surface area contributed by atoms with Gasteiger partial charge in [-0.25, -0.2) is 5.01 Å². The average molecular weight is 380 g/mol. The minimum absolute atomic E-state index is 0.00507. The smallest absolute Gasteiger partial charge is 0.410 e. The number of hydrogen-bond donors (Lipinski definition) is 1. The Labute approximate surface area is 156 Å². The third kappa shape index (κ3) is 4.35. The van der Waals surface area contributed by atoms with Gasteiger partial charge >= 0.3 is 6.18 Å². The van der Waals surface area contributed by atoms with Gasteiger partial charge in [0.05, 0.1) is 6.61 Å². The number of carbonyl (C=O) groups is 1. The third-order valence-corrected chi connectivity index (χ3v) is 4.67. The van der Waals surface area contributed by atoms with E-state index < -0.39 is 18.1 Å². The molecule has 7 heteroatoms. The van der Waals surface area contributed by atoms with Gasteiger partial charge < -0.3 is 4.74 Å². The van der Waals surface area contributed by atoms with Crippen LogP contribution in [0.25, 0.3) is 10.8 Å². The second kappa shape index (κ2) is 8.17. The Morgan fingerprint density at radius 1 is 1.19 bits per heavy atom. The van der Waals surface area contributed by atoms with Gasteiger partial charge in [-0.2, -0.15) is 13.2 Å². The van der Waals surface area contributed by atoms with E-state index in [0.717, 1.165) is 29.7 Å². The van der Waals surface area contributed by atoms with Crippen molar-refractivity contribution in [3.8, 4) is 5.75 Å². The van der Waals surface area contributed by atoms with Gasteiger partial charge in [0.1, 0.15) is 5.75 Å². The Balaban J connectivity index is 2.05. The van der Waals surface area contributed by atoms with Crippen LogP contribution in [0.2, 0.25) is 0 Å². The predicted octanol–water partition coefficient (Wildman–Crippen LogP) is 4.75. The normalized spacial score (nSPS) is 16.5. The standard InChI is InChI=1S/C20H23F3N2O2/c1-2-3-6-13-27-18-15-8-5-4-7-14(15)9-10-16(18)19(20(21,22)23)25-12-11-17(26)24-25/h4-5,7-10,19H,2-3,6,11-13H2,1H3,(H,24,26). The molecule has 0 spiro atoms. The SMILES string of the molecule is CCCCCOc1c(C(N2CCC(=O)N2)C(F)(F)F)ccc2ccccc12. The molecule has 1 amide bonds. The van der Waals surface area contributed by atoms with E-state index in [1.54, 1.807) is 18.2 Å². The molecule has 2 aromatic carbocycles. The fourth-order valence-electron chi connectivity index (χ4n) is 3.37. The lowest BCUT2D eigenvalue weighted by Crippen LogP contribution is -2.43. The van der Waals surface area contributed by atoms with E-state index in [1.165, 1.54) is 6.07 Å². The molecule has 27 heavy (non-hydrogen) atoms. The van der Waals surface area contributed by atoms with Crippen molar-refractivity contribution < 1.29 is 22.7 Å². The van der Waals surface area contributed by atoms with Gasteiger partial charge in [-0.05, 0) is 11.8 Å². The number of nitrogens with zero attached hydrogens (tertiary/aromatic N) is 1. The van der Waals surface area contributed by atoms with Crippen LogP contribution >= 0.6 is 0 Å². The van der Waals surface area contributed by atoms with Gasteiger partial charge in [-0.3, -0.25) is 10.2 Å². The van der Waals surface area contributed by atoms with Crippen molar-refractivity contribution in [2.24, 2.45) is 0 Å². The minimum atomic E-state index is -4.55. The molecular weight excluding hydrogens is 357 g/mol. The van der Waals surface area contributed by atoms with E-state index in [9.17, 15) is 18.0 Å². The lowest BCUT2D eigenvalue weighted by Gasteiger charge is -2.31. The number of halogens is 3. The van der Waals surface area contributed by atoms with Crippen molar-refractivity contribution in [2.75, 3.05) is 13.2 Å².